The molecule has 4 N–H and O–H groups in total. The highest BCUT2D eigenvalue weighted by atomic mass is 15.0. The number of benzene rings is 1. The molecule has 0 aliphatic carbocycles. The van der Waals surface area contributed by atoms with Crippen molar-refractivity contribution >= 4 is 23.4 Å². The minimum Gasteiger partial charge on any atom is -0.397 e. The average Bonchev–Trinajstić information content (AvgIpc) is 2.57. The van der Waals surface area contributed by atoms with Crippen LogP contribution >= 0.6 is 0 Å². The van der Waals surface area contributed by atoms with E-state index in [0.717, 1.165) is 39.5 Å². The predicted molar refractivity (Wildman–Crippen MR) is 99.0 cm³/mol. The highest BCUT2D eigenvalue weighted by molar-refractivity contribution is 5.89. The van der Waals surface area contributed by atoms with Gasteiger partial charge >= 0.3 is 0 Å². The van der Waals surface area contributed by atoms with Crippen molar-refractivity contribution in [2.24, 2.45) is 0 Å². The monoisotopic (exact) mass is 317 g/mol. The lowest BCUT2D eigenvalue weighted by atomic mass is 9.99. The van der Waals surface area contributed by atoms with Crippen LogP contribution in [-0.4, -0.2) is 16.2 Å². The minimum absolute atomic E-state index is 0.665. The van der Waals surface area contributed by atoms with Gasteiger partial charge in [0.05, 0.1) is 11.9 Å². The predicted octanol–water partition coefficient (Wildman–Crippen LogP) is 4.08. The molecule has 120 valence electrons. The first-order valence-electron chi connectivity index (χ1n) is 7.64. The number of hydrogen-bond acceptors (Lipinski definition) is 5. The molecule has 0 aliphatic rings. The van der Waals surface area contributed by atoms with Gasteiger partial charge in [0.2, 0.25) is 0 Å². The number of nitrogens with zero attached hydrogens (tertiary/aromatic N) is 2. The largest absolute Gasteiger partial charge is 0.397 e. The van der Waals surface area contributed by atoms with Gasteiger partial charge in [-0.3, -0.25) is 4.98 Å². The maximum atomic E-state index is 7.63. The molecular weight excluding hydrogens is 298 g/mol. The molecule has 0 aliphatic heterocycles. The topological polar surface area (TPSA) is 87.7 Å². The van der Waals surface area contributed by atoms with E-state index in [-0.39, 0.29) is 0 Å². The molecule has 0 fully saturated rings. The van der Waals surface area contributed by atoms with E-state index < -0.39 is 0 Å². The fraction of sp³-hybridized carbons (Fsp3) is 0.105. The summed E-state index contributed by atoms with van der Waals surface area (Å²) in [7, 11) is 0. The van der Waals surface area contributed by atoms with Gasteiger partial charge in [0.15, 0.2) is 0 Å². The number of pyridine rings is 2. The van der Waals surface area contributed by atoms with Crippen LogP contribution in [0.1, 0.15) is 16.8 Å². The van der Waals surface area contributed by atoms with Crippen LogP contribution in [0, 0.1) is 19.3 Å². The standard InChI is InChI=1S/C19H19N5/c1-12-4-3-5-19(23-12)24-18-8-14(6-7-15(18)9-20)16-10-22-11-17(21)13(16)2/h3-11,20H,21H2,1-2H3,(H,23,24). The number of aromatic nitrogens is 2. The number of hydrogen-bond donors (Lipinski definition) is 3. The second-order valence-electron chi connectivity index (χ2n) is 5.64. The Kier molecular flexibility index (Phi) is 4.24. The van der Waals surface area contributed by atoms with E-state index in [4.69, 9.17) is 11.1 Å². The zero-order valence-corrected chi connectivity index (χ0v) is 13.7. The Bertz CT molecular complexity index is 902. The summed E-state index contributed by atoms with van der Waals surface area (Å²) in [5.41, 5.74) is 12.1. The van der Waals surface area contributed by atoms with Gasteiger partial charge < -0.3 is 16.5 Å². The Balaban J connectivity index is 2.05. The molecule has 0 spiro atoms. The molecule has 0 saturated carbocycles. The quantitative estimate of drug-likeness (QED) is 0.633. The van der Waals surface area contributed by atoms with Crippen LogP contribution in [0.5, 0.6) is 0 Å². The summed E-state index contributed by atoms with van der Waals surface area (Å²) in [5.74, 6) is 0.748. The van der Waals surface area contributed by atoms with E-state index in [9.17, 15) is 0 Å². The van der Waals surface area contributed by atoms with Crippen molar-refractivity contribution in [1.82, 2.24) is 9.97 Å². The van der Waals surface area contributed by atoms with E-state index >= 15 is 0 Å². The van der Waals surface area contributed by atoms with Gasteiger partial charge in [-0.1, -0.05) is 18.2 Å². The van der Waals surface area contributed by atoms with E-state index in [1.54, 1.807) is 12.4 Å². The third kappa shape index (κ3) is 3.10. The van der Waals surface area contributed by atoms with Crippen molar-refractivity contribution in [1.29, 1.82) is 5.41 Å². The molecule has 3 aromatic rings. The molecule has 2 heterocycles. The van der Waals surface area contributed by atoms with E-state index in [1.807, 2.05) is 50.2 Å². The first-order valence-corrected chi connectivity index (χ1v) is 7.64. The molecule has 0 bridgehead atoms. The Labute approximate surface area is 141 Å². The highest BCUT2D eigenvalue weighted by Crippen LogP contribution is 2.30. The smallest absolute Gasteiger partial charge is 0.130 e. The molecule has 2 aromatic heterocycles. The van der Waals surface area contributed by atoms with Crippen LogP contribution in [0.3, 0.4) is 0 Å². The Morgan fingerprint density at radius 3 is 2.71 bits per heavy atom. The molecule has 1 aromatic carbocycles. The van der Waals surface area contributed by atoms with Crippen LogP contribution in [-0.2, 0) is 0 Å². The lowest BCUT2D eigenvalue weighted by molar-refractivity contribution is 1.20. The van der Waals surface area contributed by atoms with Gasteiger partial charge in [0.25, 0.3) is 0 Å². The number of nitrogen functional groups attached to an aromatic ring is 1. The van der Waals surface area contributed by atoms with E-state index in [0.29, 0.717) is 5.69 Å². The number of rotatable bonds is 4. The number of aryl methyl sites for hydroxylation is 1. The molecule has 0 unspecified atom stereocenters. The summed E-state index contributed by atoms with van der Waals surface area (Å²) in [5, 5.41) is 10.9. The zero-order chi connectivity index (χ0) is 17.1. The van der Waals surface area contributed by atoms with Gasteiger partial charge in [-0.25, -0.2) is 4.98 Å². The zero-order valence-electron chi connectivity index (χ0n) is 13.7. The normalized spacial score (nSPS) is 10.4. The summed E-state index contributed by atoms with van der Waals surface area (Å²) in [4.78, 5) is 8.65. The fourth-order valence-corrected chi connectivity index (χ4v) is 2.54. The van der Waals surface area contributed by atoms with Crippen molar-refractivity contribution < 1.29 is 0 Å². The van der Waals surface area contributed by atoms with Crippen molar-refractivity contribution in [3.63, 3.8) is 0 Å². The van der Waals surface area contributed by atoms with Crippen LogP contribution in [0.4, 0.5) is 17.2 Å². The van der Waals surface area contributed by atoms with Gasteiger partial charge in [-0.15, -0.1) is 0 Å². The van der Waals surface area contributed by atoms with Gasteiger partial charge in [0, 0.05) is 34.9 Å². The number of nitrogens with two attached hydrogens (primary N) is 1. The average molecular weight is 317 g/mol. The summed E-state index contributed by atoms with van der Waals surface area (Å²) in [6, 6.07) is 11.7. The molecular formula is C19H19N5. The van der Waals surface area contributed by atoms with Crippen LogP contribution < -0.4 is 11.1 Å². The lowest BCUT2D eigenvalue weighted by Crippen LogP contribution is -1.99. The third-order valence-electron chi connectivity index (χ3n) is 3.93. The number of nitrogens with one attached hydrogen (secondary N) is 2. The third-order valence-corrected chi connectivity index (χ3v) is 3.93. The van der Waals surface area contributed by atoms with Crippen LogP contribution in [0.2, 0.25) is 0 Å². The molecule has 5 heteroatoms. The van der Waals surface area contributed by atoms with Crippen molar-refractivity contribution in [3.8, 4) is 11.1 Å². The summed E-state index contributed by atoms with van der Waals surface area (Å²) < 4.78 is 0. The van der Waals surface area contributed by atoms with Gasteiger partial charge in [-0.05, 0) is 43.2 Å². The first-order chi connectivity index (χ1) is 11.6. The SMILES string of the molecule is Cc1cccc(Nc2cc(-c3cncc(N)c3C)ccc2C=N)n1. The molecule has 24 heavy (non-hydrogen) atoms. The summed E-state index contributed by atoms with van der Waals surface area (Å²) >= 11 is 0. The first kappa shape index (κ1) is 15.7. The van der Waals surface area contributed by atoms with Crippen LogP contribution in [0.15, 0.2) is 48.8 Å². The number of anilines is 3. The lowest BCUT2D eigenvalue weighted by Gasteiger charge is -2.13. The maximum Gasteiger partial charge on any atom is 0.130 e. The maximum absolute atomic E-state index is 7.63. The van der Waals surface area contributed by atoms with Gasteiger partial charge in [0.1, 0.15) is 5.82 Å². The molecule has 5 nitrogen and oxygen atoms in total. The van der Waals surface area contributed by atoms with E-state index in [2.05, 4.69) is 15.3 Å². The Morgan fingerprint density at radius 1 is 1.12 bits per heavy atom. The summed E-state index contributed by atoms with van der Waals surface area (Å²) in [6.07, 6.45) is 4.78. The highest BCUT2D eigenvalue weighted by Gasteiger charge is 2.09. The van der Waals surface area contributed by atoms with E-state index in [1.165, 1.54) is 6.21 Å². The molecule has 0 amide bonds. The van der Waals surface area contributed by atoms with Crippen molar-refractivity contribution in [2.45, 2.75) is 13.8 Å². The Morgan fingerprint density at radius 2 is 1.96 bits per heavy atom. The molecule has 0 radical (unpaired) electrons. The van der Waals surface area contributed by atoms with Crippen LogP contribution in [0.25, 0.3) is 11.1 Å². The summed E-state index contributed by atoms with van der Waals surface area (Å²) in [6.45, 7) is 3.92. The fourth-order valence-electron chi connectivity index (χ4n) is 2.54. The minimum atomic E-state index is 0.665. The van der Waals surface area contributed by atoms with Crippen molar-refractivity contribution in [3.05, 3.63) is 65.6 Å². The molecule has 3 rings (SSSR count). The molecule has 0 saturated heterocycles. The van der Waals surface area contributed by atoms with Gasteiger partial charge in [-0.2, -0.15) is 0 Å². The van der Waals surface area contributed by atoms with Crippen molar-refractivity contribution in [2.75, 3.05) is 11.1 Å². The second-order valence-corrected chi connectivity index (χ2v) is 5.64. The second kappa shape index (κ2) is 6.50. The molecule has 0 atom stereocenters. The Hall–Kier alpha value is -3.21.